The Morgan fingerprint density at radius 3 is 2.95 bits per heavy atom. The first kappa shape index (κ1) is 16.6. The molecule has 0 radical (unpaired) electrons. The first-order valence-corrected chi connectivity index (χ1v) is 8.62. The van der Waals surface area contributed by atoms with Crippen molar-refractivity contribution in [2.45, 2.75) is 55.6 Å². The Morgan fingerprint density at radius 1 is 1.57 bits per heavy atom. The average molecular weight is 329 g/mol. The van der Waals surface area contributed by atoms with Gasteiger partial charge in [-0.15, -0.1) is 11.8 Å². The van der Waals surface area contributed by atoms with Crippen LogP contribution < -0.4 is 5.32 Å². The first-order chi connectivity index (χ1) is 10.0. The summed E-state index contributed by atoms with van der Waals surface area (Å²) in [5.41, 5.74) is -0.797. The third-order valence-corrected chi connectivity index (χ3v) is 5.12. The molecule has 1 unspecified atom stereocenters. The van der Waals surface area contributed by atoms with Crippen molar-refractivity contribution in [3.05, 3.63) is 23.4 Å². The summed E-state index contributed by atoms with van der Waals surface area (Å²) in [6.45, 7) is 1.79. The number of nitrogens with zero attached hydrogens (tertiary/aromatic N) is 1. The molecule has 0 aliphatic heterocycles. The van der Waals surface area contributed by atoms with E-state index in [1.807, 2.05) is 12.1 Å². The molecule has 1 saturated carbocycles. The minimum absolute atomic E-state index is 0.396. The molecule has 0 bridgehead atoms. The number of carboxylic acid groups (broad SMARTS) is 1. The van der Waals surface area contributed by atoms with Crippen LogP contribution in [0.2, 0.25) is 5.02 Å². The van der Waals surface area contributed by atoms with Crippen LogP contribution >= 0.6 is 23.4 Å². The standard InChI is InChI=1S/C15H21ClN2O2S/c1-15(14(19)20,18-11-6-7-11)8-2-3-10-21-13-12(16)5-4-9-17-13/h4-5,9,11,18H,2-3,6-8,10H2,1H3,(H,19,20). The van der Waals surface area contributed by atoms with Crippen molar-refractivity contribution in [1.82, 2.24) is 10.3 Å². The van der Waals surface area contributed by atoms with E-state index in [9.17, 15) is 9.90 Å². The van der Waals surface area contributed by atoms with Gasteiger partial charge in [-0.3, -0.25) is 10.1 Å². The largest absolute Gasteiger partial charge is 0.480 e. The molecule has 1 aromatic rings. The summed E-state index contributed by atoms with van der Waals surface area (Å²) in [5, 5.41) is 14.1. The van der Waals surface area contributed by atoms with E-state index < -0.39 is 11.5 Å². The normalized spacial score (nSPS) is 17.4. The van der Waals surface area contributed by atoms with Crippen molar-refractivity contribution in [3.8, 4) is 0 Å². The van der Waals surface area contributed by atoms with E-state index in [0.29, 0.717) is 17.5 Å². The molecular formula is C15H21ClN2O2S. The van der Waals surface area contributed by atoms with E-state index in [-0.39, 0.29) is 0 Å². The van der Waals surface area contributed by atoms with E-state index in [1.165, 1.54) is 0 Å². The Labute approximate surface area is 134 Å². The maximum Gasteiger partial charge on any atom is 0.323 e. The van der Waals surface area contributed by atoms with Crippen molar-refractivity contribution in [2.75, 3.05) is 5.75 Å². The molecule has 0 amide bonds. The van der Waals surface area contributed by atoms with Gasteiger partial charge < -0.3 is 5.11 Å². The summed E-state index contributed by atoms with van der Waals surface area (Å²) in [5.74, 6) is 0.144. The highest BCUT2D eigenvalue weighted by Gasteiger charge is 2.37. The number of unbranched alkanes of at least 4 members (excludes halogenated alkanes) is 1. The molecule has 116 valence electrons. The number of carboxylic acids is 1. The molecule has 0 saturated heterocycles. The second kappa shape index (κ2) is 7.47. The highest BCUT2D eigenvalue weighted by atomic mass is 35.5. The van der Waals surface area contributed by atoms with Crippen LogP contribution in [0.3, 0.4) is 0 Å². The van der Waals surface area contributed by atoms with Crippen LogP contribution in [0.1, 0.15) is 39.0 Å². The number of halogens is 1. The highest BCUT2D eigenvalue weighted by molar-refractivity contribution is 7.99. The Hall–Kier alpha value is -0.780. The van der Waals surface area contributed by atoms with Gasteiger partial charge in [0.25, 0.3) is 0 Å². The third kappa shape index (κ3) is 5.16. The molecule has 4 nitrogen and oxygen atoms in total. The van der Waals surface area contributed by atoms with Crippen molar-refractivity contribution in [2.24, 2.45) is 0 Å². The van der Waals surface area contributed by atoms with Gasteiger partial charge >= 0.3 is 5.97 Å². The Morgan fingerprint density at radius 2 is 2.33 bits per heavy atom. The van der Waals surface area contributed by atoms with Gasteiger partial charge in [0.15, 0.2) is 0 Å². The van der Waals surface area contributed by atoms with Crippen LogP contribution in [-0.4, -0.2) is 33.4 Å². The van der Waals surface area contributed by atoms with Crippen molar-refractivity contribution in [3.63, 3.8) is 0 Å². The zero-order valence-electron chi connectivity index (χ0n) is 12.1. The summed E-state index contributed by atoms with van der Waals surface area (Å²) in [6.07, 6.45) is 6.39. The third-order valence-electron chi connectivity index (χ3n) is 3.61. The molecule has 1 aliphatic rings. The number of rotatable bonds is 9. The van der Waals surface area contributed by atoms with Gasteiger partial charge in [-0.2, -0.15) is 0 Å². The molecule has 6 heteroatoms. The number of aromatic nitrogens is 1. The van der Waals surface area contributed by atoms with Gasteiger partial charge in [0.2, 0.25) is 0 Å². The van der Waals surface area contributed by atoms with Gasteiger partial charge in [-0.1, -0.05) is 18.0 Å². The number of nitrogens with one attached hydrogen (secondary N) is 1. The minimum Gasteiger partial charge on any atom is -0.480 e. The van der Waals surface area contributed by atoms with Crippen LogP contribution in [0.25, 0.3) is 0 Å². The molecular weight excluding hydrogens is 308 g/mol. The van der Waals surface area contributed by atoms with Gasteiger partial charge in [0, 0.05) is 12.2 Å². The second-order valence-electron chi connectivity index (χ2n) is 5.65. The smallest absolute Gasteiger partial charge is 0.323 e. The Bertz CT molecular complexity index is 496. The maximum atomic E-state index is 11.4. The molecule has 1 atom stereocenters. The van der Waals surface area contributed by atoms with E-state index in [2.05, 4.69) is 10.3 Å². The highest BCUT2D eigenvalue weighted by Crippen LogP contribution is 2.27. The summed E-state index contributed by atoms with van der Waals surface area (Å²) < 4.78 is 0. The molecule has 1 fully saturated rings. The summed E-state index contributed by atoms with van der Waals surface area (Å²) in [6, 6.07) is 4.04. The molecule has 2 N–H and O–H groups in total. The fourth-order valence-corrected chi connectivity index (χ4v) is 3.31. The summed E-state index contributed by atoms with van der Waals surface area (Å²) >= 11 is 7.67. The Balaban J connectivity index is 1.70. The first-order valence-electron chi connectivity index (χ1n) is 7.26. The molecule has 1 aliphatic carbocycles. The van der Waals surface area contributed by atoms with Crippen molar-refractivity contribution in [1.29, 1.82) is 0 Å². The van der Waals surface area contributed by atoms with Crippen molar-refractivity contribution >= 4 is 29.3 Å². The maximum absolute atomic E-state index is 11.4. The molecule has 2 rings (SSSR count). The number of hydrogen-bond donors (Lipinski definition) is 2. The topological polar surface area (TPSA) is 62.2 Å². The fraction of sp³-hybridized carbons (Fsp3) is 0.600. The zero-order valence-corrected chi connectivity index (χ0v) is 13.7. The summed E-state index contributed by atoms with van der Waals surface area (Å²) in [4.78, 5) is 15.6. The molecule has 1 aromatic heterocycles. The lowest BCUT2D eigenvalue weighted by molar-refractivity contribution is -0.144. The van der Waals surface area contributed by atoms with E-state index >= 15 is 0 Å². The van der Waals surface area contributed by atoms with Crippen LogP contribution in [0, 0.1) is 0 Å². The van der Waals surface area contributed by atoms with Gasteiger partial charge in [-0.25, -0.2) is 4.98 Å². The zero-order chi connectivity index (χ0) is 15.3. The number of aliphatic carboxylic acids is 1. The number of hydrogen-bond acceptors (Lipinski definition) is 4. The van der Waals surface area contributed by atoms with Crippen LogP contribution in [-0.2, 0) is 4.79 Å². The predicted octanol–water partition coefficient (Wildman–Crippen LogP) is 3.59. The average Bonchev–Trinajstić information content (AvgIpc) is 3.24. The number of pyridine rings is 1. The molecule has 0 aromatic carbocycles. The lowest BCUT2D eigenvalue weighted by atomic mass is 9.95. The van der Waals surface area contributed by atoms with Crippen molar-refractivity contribution < 1.29 is 9.90 Å². The predicted molar refractivity (Wildman–Crippen MR) is 86.0 cm³/mol. The van der Waals surface area contributed by atoms with E-state index in [4.69, 9.17) is 11.6 Å². The quantitative estimate of drug-likeness (QED) is 0.536. The van der Waals surface area contributed by atoms with Crippen LogP contribution in [0.4, 0.5) is 0 Å². The summed E-state index contributed by atoms with van der Waals surface area (Å²) in [7, 11) is 0. The van der Waals surface area contributed by atoms with Gasteiger partial charge in [-0.05, 0) is 50.5 Å². The van der Waals surface area contributed by atoms with Crippen LogP contribution in [0.15, 0.2) is 23.4 Å². The minimum atomic E-state index is -0.797. The lowest BCUT2D eigenvalue weighted by Crippen LogP contribution is -2.50. The van der Waals surface area contributed by atoms with E-state index in [1.54, 1.807) is 24.9 Å². The number of thioether (sulfide) groups is 1. The monoisotopic (exact) mass is 328 g/mol. The Kier molecular flexibility index (Phi) is 5.90. The van der Waals surface area contributed by atoms with Crippen LogP contribution in [0.5, 0.6) is 0 Å². The van der Waals surface area contributed by atoms with Gasteiger partial charge in [0.1, 0.15) is 10.6 Å². The SMILES string of the molecule is CC(CCCCSc1ncccc1Cl)(NC1CC1)C(=O)O. The molecule has 0 spiro atoms. The molecule has 1 heterocycles. The number of carbonyl (C=O) groups is 1. The van der Waals surface area contributed by atoms with E-state index in [0.717, 1.165) is 36.5 Å². The van der Waals surface area contributed by atoms with Gasteiger partial charge in [0.05, 0.1) is 5.02 Å². The second-order valence-corrected chi connectivity index (χ2v) is 7.14. The lowest BCUT2D eigenvalue weighted by Gasteiger charge is -2.26. The molecule has 21 heavy (non-hydrogen) atoms. The fourth-order valence-electron chi connectivity index (χ4n) is 2.15.